The molecule has 9 rings (SSSR count). The van der Waals surface area contributed by atoms with Crippen LogP contribution in [0.2, 0.25) is 0 Å². The highest BCUT2D eigenvalue weighted by Crippen LogP contribution is 2.28. The minimum absolute atomic E-state index is 0.0370. The number of ether oxygens (including phenoxy) is 4. The first-order valence-corrected chi connectivity index (χ1v) is 25.1. The molecule has 0 bridgehead atoms. The molecule has 4 aromatic carbocycles. The molecule has 5 unspecified atom stereocenters. The van der Waals surface area contributed by atoms with Crippen LogP contribution >= 0.6 is 0 Å². The van der Waals surface area contributed by atoms with Gasteiger partial charge in [0, 0.05) is 66.4 Å². The maximum absolute atomic E-state index is 12.7. The number of nitrogens with one attached hydrogen (secondary N) is 2. The highest BCUT2D eigenvalue weighted by Gasteiger charge is 2.37. The monoisotopic (exact) mass is 996 g/mol. The highest BCUT2D eigenvalue weighted by molar-refractivity contribution is 7.86. The van der Waals surface area contributed by atoms with E-state index in [1.165, 1.54) is 4.90 Å². The predicted octanol–water partition coefficient (Wildman–Crippen LogP) is 4.46. The van der Waals surface area contributed by atoms with Gasteiger partial charge in [-0.2, -0.15) is 8.42 Å². The maximum Gasteiger partial charge on any atom is 0.414 e. The Morgan fingerprint density at radius 3 is 1.63 bits per heavy atom. The van der Waals surface area contributed by atoms with Crippen molar-refractivity contribution in [3.05, 3.63) is 131 Å². The average molecular weight is 997 g/mol. The molecule has 71 heavy (non-hydrogen) atoms. The fraction of sp³-hybridized carbons (Fsp3) is 0.388. The third-order valence-corrected chi connectivity index (χ3v) is 12.5. The molecule has 5 aliphatic rings. The SMILES string of the molecule is CCOC(=O)CC(C(=O)OCC)N1CCN(CC2CN(c3ccc(C4=NOC(c5ccccc5)N4)cc3)C(=O)O2)CC1.CS(=O)(=O)OCC1CN(c2ccc(C3=NOC(c4ccccc4)N3)cc2)C(=O)O1. The lowest BCUT2D eigenvalue weighted by Crippen LogP contribution is -2.54. The number of carbonyl (C=O) groups is 4. The summed E-state index contributed by atoms with van der Waals surface area (Å²) in [6.07, 6.45) is -1.66. The number of oxime groups is 2. The molecule has 5 atom stereocenters. The van der Waals surface area contributed by atoms with Gasteiger partial charge in [0.15, 0.2) is 11.7 Å². The molecule has 22 heteroatoms. The molecule has 0 radical (unpaired) electrons. The number of amides is 2. The fourth-order valence-corrected chi connectivity index (χ4v) is 8.75. The second-order valence-corrected chi connectivity index (χ2v) is 18.5. The zero-order valence-corrected chi connectivity index (χ0v) is 40.3. The van der Waals surface area contributed by atoms with Crippen molar-refractivity contribution in [1.82, 2.24) is 20.4 Å². The number of carbonyl (C=O) groups excluding carboxylic acids is 4. The van der Waals surface area contributed by atoms with Crippen molar-refractivity contribution in [2.45, 2.75) is 51.0 Å². The lowest BCUT2D eigenvalue weighted by atomic mass is 10.1. The number of anilines is 2. The summed E-state index contributed by atoms with van der Waals surface area (Å²) in [5.41, 5.74) is 4.96. The van der Waals surface area contributed by atoms with Crippen molar-refractivity contribution in [1.29, 1.82) is 0 Å². The summed E-state index contributed by atoms with van der Waals surface area (Å²) < 4.78 is 48.0. The Labute approximate surface area is 411 Å². The topological polar surface area (TPSA) is 229 Å². The van der Waals surface area contributed by atoms with Crippen molar-refractivity contribution in [3.8, 4) is 0 Å². The first-order valence-electron chi connectivity index (χ1n) is 23.2. The number of nitrogens with zero attached hydrogens (tertiary/aromatic N) is 6. The first kappa shape index (κ1) is 50.1. The summed E-state index contributed by atoms with van der Waals surface area (Å²) >= 11 is 0. The smallest absolute Gasteiger partial charge is 0.414 e. The van der Waals surface area contributed by atoms with E-state index in [9.17, 15) is 27.6 Å². The van der Waals surface area contributed by atoms with Crippen molar-refractivity contribution >= 4 is 57.3 Å². The minimum Gasteiger partial charge on any atom is -0.466 e. The van der Waals surface area contributed by atoms with Gasteiger partial charge < -0.3 is 39.3 Å². The maximum atomic E-state index is 12.7. The van der Waals surface area contributed by atoms with Crippen LogP contribution in [-0.4, -0.2) is 144 Å². The molecule has 2 amide bonds. The Morgan fingerprint density at radius 2 is 1.15 bits per heavy atom. The second-order valence-electron chi connectivity index (χ2n) is 16.9. The van der Waals surface area contributed by atoms with Crippen LogP contribution in [0.25, 0.3) is 0 Å². The van der Waals surface area contributed by atoms with Crippen molar-refractivity contribution in [2.75, 3.05) is 81.7 Å². The summed E-state index contributed by atoms with van der Waals surface area (Å²) in [7, 11) is -3.59. The number of rotatable bonds is 17. The lowest BCUT2D eigenvalue weighted by molar-refractivity contribution is -0.157. The Hall–Kier alpha value is -7.27. The lowest BCUT2D eigenvalue weighted by Gasteiger charge is -2.38. The fourth-order valence-electron chi connectivity index (χ4n) is 8.35. The van der Waals surface area contributed by atoms with Crippen LogP contribution in [0.15, 0.2) is 120 Å². The highest BCUT2D eigenvalue weighted by atomic mass is 32.2. The third-order valence-electron chi connectivity index (χ3n) is 11.9. The Morgan fingerprint density at radius 1 is 0.676 bits per heavy atom. The molecule has 4 aromatic rings. The summed E-state index contributed by atoms with van der Waals surface area (Å²) in [5.74, 6) is 0.392. The molecular weight excluding hydrogens is 941 g/mol. The molecule has 3 saturated heterocycles. The van der Waals surface area contributed by atoms with E-state index in [0.717, 1.165) is 34.2 Å². The summed E-state index contributed by atoms with van der Waals surface area (Å²) in [5, 5.41) is 14.8. The van der Waals surface area contributed by atoms with Gasteiger partial charge in [0.2, 0.25) is 12.5 Å². The first-order chi connectivity index (χ1) is 34.3. The zero-order chi connectivity index (χ0) is 49.9. The largest absolute Gasteiger partial charge is 0.466 e. The van der Waals surface area contributed by atoms with Gasteiger partial charge in [-0.25, -0.2) is 9.59 Å². The quantitative estimate of drug-likeness (QED) is 0.0845. The number of cyclic esters (lactones) is 2. The van der Waals surface area contributed by atoms with Crippen LogP contribution in [0.3, 0.4) is 0 Å². The molecule has 5 heterocycles. The summed E-state index contributed by atoms with van der Waals surface area (Å²) in [4.78, 5) is 67.7. The number of hydrogen-bond donors (Lipinski definition) is 2. The second kappa shape index (κ2) is 23.1. The van der Waals surface area contributed by atoms with Gasteiger partial charge in [0.25, 0.3) is 10.1 Å². The number of amidine groups is 2. The molecule has 5 aliphatic heterocycles. The molecule has 2 N–H and O–H groups in total. The van der Waals surface area contributed by atoms with E-state index in [1.54, 1.807) is 30.9 Å². The standard InChI is InChI=1S/C30H37N5O7.C19H19N3O6S/c1-3-39-26(36)18-25(29(37)40-4-2)34-16-14-33(15-17-34)19-24-20-35(30(38)41-24)23-12-10-21(11-13-23)27-31-28(42-32-27)22-8-6-5-7-9-22;1-29(24,25)26-12-16-11-22(19(23)27-16)15-9-7-13(8-10-15)17-20-18(28-21-17)14-5-3-2-4-6-14/h5-13,24-25,28H,3-4,14-20H2,1-2H3,(H,31,32);2-10,16,18H,11-12H2,1H3,(H,20,21). The van der Waals surface area contributed by atoms with Gasteiger partial charge in [0.1, 0.15) is 24.9 Å². The van der Waals surface area contributed by atoms with Crippen molar-refractivity contribution in [2.24, 2.45) is 10.3 Å². The van der Waals surface area contributed by atoms with Crippen LogP contribution in [0.1, 0.15) is 55.0 Å². The van der Waals surface area contributed by atoms with E-state index in [0.29, 0.717) is 56.6 Å². The van der Waals surface area contributed by atoms with Crippen LogP contribution in [-0.2, 0) is 52.5 Å². The van der Waals surface area contributed by atoms with E-state index in [1.807, 2.05) is 102 Å². The van der Waals surface area contributed by atoms with Crippen molar-refractivity contribution < 1.29 is 60.4 Å². The van der Waals surface area contributed by atoms with E-state index in [-0.39, 0.29) is 57.4 Å². The molecule has 376 valence electrons. The Balaban J connectivity index is 0.000000204. The van der Waals surface area contributed by atoms with E-state index in [4.69, 9.17) is 32.8 Å². The van der Waals surface area contributed by atoms with Crippen LogP contribution in [0.4, 0.5) is 21.0 Å². The normalized spacial score (nSPS) is 21.5. The number of piperazine rings is 1. The molecule has 0 spiro atoms. The number of esters is 2. The van der Waals surface area contributed by atoms with Gasteiger partial charge in [0.05, 0.1) is 39.0 Å². The third kappa shape index (κ3) is 13.1. The van der Waals surface area contributed by atoms with Gasteiger partial charge in [-0.05, 0) is 62.4 Å². The molecule has 3 fully saturated rings. The van der Waals surface area contributed by atoms with Crippen molar-refractivity contribution in [3.63, 3.8) is 0 Å². The van der Waals surface area contributed by atoms with Crippen LogP contribution in [0, 0.1) is 0 Å². The summed E-state index contributed by atoms with van der Waals surface area (Å²) in [6, 6.07) is 33.5. The number of benzene rings is 4. The van der Waals surface area contributed by atoms with Gasteiger partial charge in [-0.15, -0.1) is 0 Å². The van der Waals surface area contributed by atoms with Gasteiger partial charge in [-0.3, -0.25) is 33.4 Å². The van der Waals surface area contributed by atoms with E-state index >= 15 is 0 Å². The Kier molecular flexibility index (Phi) is 16.3. The van der Waals surface area contributed by atoms with Crippen LogP contribution < -0.4 is 20.4 Å². The van der Waals surface area contributed by atoms with Gasteiger partial charge >= 0.3 is 24.1 Å². The predicted molar refractivity (Wildman–Crippen MR) is 258 cm³/mol. The zero-order valence-electron chi connectivity index (χ0n) is 39.5. The Bertz CT molecular complexity index is 2650. The van der Waals surface area contributed by atoms with Crippen LogP contribution in [0.5, 0.6) is 0 Å². The van der Waals surface area contributed by atoms with Gasteiger partial charge in [-0.1, -0.05) is 71.0 Å². The molecular formula is C49H56N8O13S. The molecule has 0 saturated carbocycles. The molecule has 21 nitrogen and oxygen atoms in total. The average Bonchev–Trinajstić information content (AvgIpc) is 4.22. The molecule has 0 aromatic heterocycles. The molecule has 0 aliphatic carbocycles. The number of hydrogen-bond acceptors (Lipinski definition) is 19. The minimum atomic E-state index is -3.59. The summed E-state index contributed by atoms with van der Waals surface area (Å²) in [6.45, 7) is 7.51. The van der Waals surface area contributed by atoms with E-state index in [2.05, 4.69) is 25.8 Å². The van der Waals surface area contributed by atoms with E-state index < -0.39 is 40.3 Å².